The summed E-state index contributed by atoms with van der Waals surface area (Å²) in [5, 5.41) is 3.33. The summed E-state index contributed by atoms with van der Waals surface area (Å²) < 4.78 is 2.02. The van der Waals surface area contributed by atoms with E-state index >= 15 is 0 Å². The Labute approximate surface area is 194 Å². The Morgan fingerprint density at radius 1 is 1.13 bits per heavy atom. The van der Waals surface area contributed by atoms with Gasteiger partial charge in [-0.1, -0.05) is 35.5 Å². The molecule has 0 unspecified atom stereocenters. The number of nitrogens with zero attached hydrogens (tertiary/aromatic N) is 4. The number of hydrogen-bond donors (Lipinski definition) is 0. The van der Waals surface area contributed by atoms with Gasteiger partial charge in [0.2, 0.25) is 5.52 Å². The number of carbonyl (C=O) groups excluding carboxylic acids is 1. The maximum Gasteiger partial charge on any atom is 0.269 e. The monoisotopic (exact) mass is 467 g/mol. The smallest absolute Gasteiger partial charge is 0.269 e. The first-order valence-electron chi connectivity index (χ1n) is 9.89. The molecule has 1 saturated heterocycles. The molecule has 0 radical (unpaired) electrons. The number of halogens is 1. The summed E-state index contributed by atoms with van der Waals surface area (Å²) in [5.41, 5.74) is 2.93. The van der Waals surface area contributed by atoms with Gasteiger partial charge in [0.15, 0.2) is 11.4 Å². The van der Waals surface area contributed by atoms with E-state index in [1.54, 1.807) is 16.7 Å². The zero-order valence-corrected chi connectivity index (χ0v) is 19.7. The van der Waals surface area contributed by atoms with Gasteiger partial charge < -0.3 is 4.90 Å². The number of amides is 1. The molecule has 2 aromatic carbocycles. The van der Waals surface area contributed by atoms with Crippen molar-refractivity contribution in [1.82, 2.24) is 4.90 Å². The molecule has 1 amide bonds. The van der Waals surface area contributed by atoms with E-state index in [1.807, 2.05) is 68.2 Å². The van der Waals surface area contributed by atoms with Gasteiger partial charge in [0, 0.05) is 35.6 Å². The van der Waals surface area contributed by atoms with E-state index < -0.39 is 0 Å². The third-order valence-electron chi connectivity index (χ3n) is 5.40. The van der Waals surface area contributed by atoms with Crippen LogP contribution < -0.4 is 9.47 Å². The third kappa shape index (κ3) is 3.41. The predicted octanol–water partition coefficient (Wildman–Crippen LogP) is 5.31. The minimum absolute atomic E-state index is 0.00208. The molecule has 8 heteroatoms. The van der Waals surface area contributed by atoms with Gasteiger partial charge in [0.1, 0.15) is 12.0 Å². The van der Waals surface area contributed by atoms with Gasteiger partial charge in [-0.15, -0.1) is 0 Å². The number of aryl methyl sites for hydroxylation is 1. The second kappa shape index (κ2) is 7.89. The predicted molar refractivity (Wildman–Crippen MR) is 130 cm³/mol. The summed E-state index contributed by atoms with van der Waals surface area (Å²) in [6.45, 7) is 2.54. The maximum absolute atomic E-state index is 13.3. The number of rotatable bonds is 2. The van der Waals surface area contributed by atoms with Crippen molar-refractivity contribution in [2.24, 2.45) is 12.0 Å². The molecule has 0 atom stereocenters. The average molecular weight is 468 g/mol. The summed E-state index contributed by atoms with van der Waals surface area (Å²) in [7, 11) is 3.99. The average Bonchev–Trinajstić information content (AvgIpc) is 3.26. The molecule has 0 spiro atoms. The van der Waals surface area contributed by atoms with Crippen LogP contribution in [0.5, 0.6) is 0 Å². The summed E-state index contributed by atoms with van der Waals surface area (Å²) in [6.07, 6.45) is 1.96. The largest absolute Gasteiger partial charge is 0.337 e. The number of thioether (sulfide) groups is 2. The molecular formula is C23H20ClN4OS2+. The lowest BCUT2D eigenvalue weighted by Crippen LogP contribution is -2.29. The normalized spacial score (nSPS) is 19.7. The molecule has 0 N–H and O–H groups in total. The topological polar surface area (TPSA) is 39.8 Å². The van der Waals surface area contributed by atoms with E-state index in [4.69, 9.17) is 16.6 Å². The van der Waals surface area contributed by atoms with Crippen molar-refractivity contribution >= 4 is 68.5 Å². The Morgan fingerprint density at radius 2 is 1.94 bits per heavy atom. The van der Waals surface area contributed by atoms with Gasteiger partial charge in [-0.3, -0.25) is 9.69 Å². The minimum atomic E-state index is 0.00208. The molecule has 0 saturated carbocycles. The van der Waals surface area contributed by atoms with Gasteiger partial charge in [-0.2, -0.15) is 0 Å². The number of hydrogen-bond acceptors (Lipinski definition) is 5. The van der Waals surface area contributed by atoms with Crippen molar-refractivity contribution in [2.75, 3.05) is 18.5 Å². The number of carbonyl (C=O) groups is 1. The number of anilines is 1. The van der Waals surface area contributed by atoms with E-state index in [2.05, 4.69) is 17.0 Å². The van der Waals surface area contributed by atoms with Crippen LogP contribution in [0.4, 0.5) is 11.4 Å². The van der Waals surface area contributed by atoms with Crippen molar-refractivity contribution in [3.8, 4) is 0 Å². The second-order valence-corrected chi connectivity index (χ2v) is 9.73. The number of fused-ring (bicyclic) bond motifs is 2. The van der Waals surface area contributed by atoms with E-state index in [0.717, 1.165) is 37.1 Å². The quantitative estimate of drug-likeness (QED) is 0.378. The molecule has 0 bridgehead atoms. The van der Waals surface area contributed by atoms with Gasteiger partial charge in [-0.25, -0.2) is 9.56 Å². The molecule has 31 heavy (non-hydrogen) atoms. The molecule has 5 rings (SSSR count). The first-order chi connectivity index (χ1) is 15.0. The van der Waals surface area contributed by atoms with Crippen LogP contribution in [-0.4, -0.2) is 29.6 Å². The van der Waals surface area contributed by atoms with Gasteiger partial charge in [-0.05, 0) is 43.0 Å². The standard InChI is InChI=1S/C23H20ClN4OS2/c1-4-28-21(29)20(22-27(3)17-7-5-6-8-19(17)30-22)31-23(28)25-16-11-12-26(2)18-13-14(24)9-10-15(16)18/h5-13H,4H2,1-3H3/q+1/b22-20+. The Balaban J connectivity index is 1.59. The number of pyridine rings is 1. The number of benzene rings is 2. The highest BCUT2D eigenvalue weighted by Gasteiger charge is 2.38. The van der Waals surface area contributed by atoms with Crippen LogP contribution in [-0.2, 0) is 11.8 Å². The van der Waals surface area contributed by atoms with Gasteiger partial charge in [0.05, 0.1) is 21.8 Å². The van der Waals surface area contributed by atoms with Gasteiger partial charge >= 0.3 is 0 Å². The highest BCUT2D eigenvalue weighted by Crippen LogP contribution is 2.50. The number of para-hydroxylation sites is 1. The van der Waals surface area contributed by atoms with Crippen LogP contribution in [0.25, 0.3) is 10.9 Å². The highest BCUT2D eigenvalue weighted by atomic mass is 35.5. The highest BCUT2D eigenvalue weighted by molar-refractivity contribution is 8.19. The van der Waals surface area contributed by atoms with E-state index in [1.165, 1.54) is 11.8 Å². The number of amidine groups is 1. The fourth-order valence-electron chi connectivity index (χ4n) is 3.76. The number of likely N-dealkylation sites (N-methyl/N-ethyl adjacent to an activating group) is 1. The van der Waals surface area contributed by atoms with Crippen LogP contribution in [0.1, 0.15) is 6.92 Å². The molecule has 156 valence electrons. The van der Waals surface area contributed by atoms with Crippen LogP contribution in [0.3, 0.4) is 0 Å². The Bertz CT molecular complexity index is 1300. The van der Waals surface area contributed by atoms with Crippen molar-refractivity contribution < 1.29 is 9.36 Å². The molecule has 0 aliphatic carbocycles. The third-order valence-corrected chi connectivity index (χ3v) is 8.07. The summed E-state index contributed by atoms with van der Waals surface area (Å²) in [4.78, 5) is 23.9. The maximum atomic E-state index is 13.3. The molecule has 1 aromatic heterocycles. The van der Waals surface area contributed by atoms with Crippen LogP contribution in [0.15, 0.2) is 74.5 Å². The molecule has 3 aromatic rings. The lowest BCUT2D eigenvalue weighted by Gasteiger charge is -2.15. The lowest BCUT2D eigenvalue weighted by atomic mass is 10.2. The summed E-state index contributed by atoms with van der Waals surface area (Å²) in [6, 6.07) is 16.0. The van der Waals surface area contributed by atoms with Gasteiger partial charge in [0.25, 0.3) is 5.91 Å². The SMILES string of the molecule is CCN1C(=O)/C(=C2\Sc3ccccc3N2C)SC1=Nc1cc[n+](C)c2cc(Cl)ccc12. The first-order valence-corrected chi connectivity index (χ1v) is 11.9. The lowest BCUT2D eigenvalue weighted by molar-refractivity contribution is -0.644. The molecule has 1 fully saturated rings. The van der Waals surface area contributed by atoms with Crippen molar-refractivity contribution in [3.05, 3.63) is 69.7 Å². The fraction of sp³-hybridized carbons (Fsp3) is 0.174. The van der Waals surface area contributed by atoms with E-state index in [0.29, 0.717) is 16.7 Å². The molecule has 2 aliphatic rings. The Kier molecular flexibility index (Phi) is 5.20. The minimum Gasteiger partial charge on any atom is -0.337 e. The number of aliphatic imine (C=N–C) groups is 1. The van der Waals surface area contributed by atoms with Crippen LogP contribution in [0, 0.1) is 0 Å². The molecule has 3 heterocycles. The van der Waals surface area contributed by atoms with Crippen molar-refractivity contribution in [1.29, 1.82) is 0 Å². The zero-order valence-electron chi connectivity index (χ0n) is 17.3. The molecular weight excluding hydrogens is 448 g/mol. The van der Waals surface area contributed by atoms with Crippen LogP contribution in [0.2, 0.25) is 5.02 Å². The fourth-order valence-corrected chi connectivity index (χ4v) is 6.33. The van der Waals surface area contributed by atoms with Crippen molar-refractivity contribution in [3.63, 3.8) is 0 Å². The Morgan fingerprint density at radius 3 is 2.71 bits per heavy atom. The Hall–Kier alpha value is -2.48. The molecule has 2 aliphatic heterocycles. The zero-order chi connectivity index (χ0) is 21.7. The van der Waals surface area contributed by atoms with E-state index in [-0.39, 0.29) is 5.91 Å². The van der Waals surface area contributed by atoms with E-state index in [9.17, 15) is 4.79 Å². The molecule has 5 nitrogen and oxygen atoms in total. The first kappa shape index (κ1) is 20.4. The summed E-state index contributed by atoms with van der Waals surface area (Å²) in [5.74, 6) is 0.00208. The number of aromatic nitrogens is 1. The second-order valence-electron chi connectivity index (χ2n) is 7.28. The van der Waals surface area contributed by atoms with Crippen LogP contribution >= 0.6 is 35.1 Å². The summed E-state index contributed by atoms with van der Waals surface area (Å²) >= 11 is 9.28. The van der Waals surface area contributed by atoms with Crippen molar-refractivity contribution in [2.45, 2.75) is 11.8 Å².